The van der Waals surface area contributed by atoms with Crippen LogP contribution in [0.4, 0.5) is 0 Å². The minimum absolute atomic E-state index is 0.145. The van der Waals surface area contributed by atoms with E-state index in [1.807, 2.05) is 25.6 Å². The lowest BCUT2D eigenvalue weighted by molar-refractivity contribution is 0.534. The Morgan fingerprint density at radius 2 is 2.22 bits per heavy atom. The Hall–Kier alpha value is -1.68. The molecule has 2 aromatic heterocycles. The number of nitrogens with one attached hydrogen (secondary N) is 1. The number of nitrogens with zero attached hydrogens (tertiary/aromatic N) is 3. The molecule has 0 saturated heterocycles. The second-order valence-corrected chi connectivity index (χ2v) is 4.50. The zero-order valence-electron chi connectivity index (χ0n) is 11.2. The Morgan fingerprint density at radius 3 is 2.89 bits per heavy atom. The van der Waals surface area contributed by atoms with Crippen molar-refractivity contribution >= 4 is 0 Å². The maximum Gasteiger partial charge on any atom is 0.0760 e. The molecule has 0 saturated carbocycles. The zero-order chi connectivity index (χ0) is 13.0. The minimum atomic E-state index is 0.145. The fraction of sp³-hybridized carbons (Fsp3) is 0.429. The van der Waals surface area contributed by atoms with Gasteiger partial charge in [-0.25, -0.2) is 0 Å². The van der Waals surface area contributed by atoms with Gasteiger partial charge in [-0.3, -0.25) is 9.67 Å². The van der Waals surface area contributed by atoms with Gasteiger partial charge in [0.25, 0.3) is 0 Å². The van der Waals surface area contributed by atoms with Gasteiger partial charge in [0.15, 0.2) is 0 Å². The van der Waals surface area contributed by atoms with Gasteiger partial charge in [0.05, 0.1) is 11.7 Å². The van der Waals surface area contributed by atoms with E-state index in [4.69, 9.17) is 0 Å². The molecular weight excluding hydrogens is 224 g/mol. The second-order valence-electron chi connectivity index (χ2n) is 4.50. The van der Waals surface area contributed by atoms with Crippen molar-refractivity contribution < 1.29 is 0 Å². The number of rotatable bonds is 5. The fourth-order valence-corrected chi connectivity index (χ4v) is 2.21. The molecule has 0 aliphatic heterocycles. The molecule has 96 valence electrons. The number of aryl methyl sites for hydroxylation is 2. The van der Waals surface area contributed by atoms with Crippen LogP contribution in [-0.2, 0) is 6.54 Å². The molecule has 0 amide bonds. The highest BCUT2D eigenvalue weighted by molar-refractivity contribution is 5.27. The van der Waals surface area contributed by atoms with Gasteiger partial charge in [0, 0.05) is 25.1 Å². The van der Waals surface area contributed by atoms with E-state index in [0.717, 1.165) is 13.0 Å². The molecule has 0 aliphatic carbocycles. The summed E-state index contributed by atoms with van der Waals surface area (Å²) in [6, 6.07) is 4.38. The molecule has 18 heavy (non-hydrogen) atoms. The van der Waals surface area contributed by atoms with Gasteiger partial charge in [-0.05, 0) is 37.6 Å². The van der Waals surface area contributed by atoms with Gasteiger partial charge in [0.2, 0.25) is 0 Å². The molecule has 1 atom stereocenters. The summed E-state index contributed by atoms with van der Waals surface area (Å²) in [5.41, 5.74) is 3.54. The van der Waals surface area contributed by atoms with Crippen LogP contribution in [0.1, 0.15) is 36.2 Å². The van der Waals surface area contributed by atoms with Crippen molar-refractivity contribution in [3.05, 3.63) is 47.5 Å². The molecule has 2 heterocycles. The van der Waals surface area contributed by atoms with E-state index in [1.54, 1.807) is 0 Å². The molecule has 0 bridgehead atoms. The Bertz CT molecular complexity index is 504. The normalized spacial score (nSPS) is 12.6. The van der Waals surface area contributed by atoms with Crippen molar-refractivity contribution in [2.24, 2.45) is 0 Å². The summed E-state index contributed by atoms with van der Waals surface area (Å²) in [7, 11) is 1.97. The van der Waals surface area contributed by atoms with Crippen molar-refractivity contribution in [2.45, 2.75) is 32.9 Å². The maximum atomic E-state index is 4.38. The molecule has 1 unspecified atom stereocenters. The van der Waals surface area contributed by atoms with Crippen LogP contribution in [0.2, 0.25) is 0 Å². The largest absolute Gasteiger partial charge is 0.308 e. The summed E-state index contributed by atoms with van der Waals surface area (Å²) >= 11 is 0. The summed E-state index contributed by atoms with van der Waals surface area (Å²) in [6.45, 7) is 5.17. The lowest BCUT2D eigenvalue weighted by Crippen LogP contribution is -2.22. The number of hydrogen-bond acceptors (Lipinski definition) is 3. The first-order valence-corrected chi connectivity index (χ1v) is 6.36. The van der Waals surface area contributed by atoms with E-state index >= 15 is 0 Å². The third kappa shape index (κ3) is 2.59. The number of pyridine rings is 1. The molecule has 2 rings (SSSR count). The van der Waals surface area contributed by atoms with Gasteiger partial charge in [-0.2, -0.15) is 5.10 Å². The van der Waals surface area contributed by atoms with Crippen molar-refractivity contribution in [1.82, 2.24) is 20.1 Å². The van der Waals surface area contributed by atoms with Crippen LogP contribution in [0, 0.1) is 6.92 Å². The average molecular weight is 244 g/mol. The minimum Gasteiger partial charge on any atom is -0.308 e. The summed E-state index contributed by atoms with van der Waals surface area (Å²) in [5, 5.41) is 7.72. The highest BCUT2D eigenvalue weighted by Crippen LogP contribution is 2.21. The summed E-state index contributed by atoms with van der Waals surface area (Å²) in [6.07, 6.45) is 6.73. The van der Waals surface area contributed by atoms with Gasteiger partial charge >= 0.3 is 0 Å². The SMILES string of the molecule is CCCn1nccc1C(NC)c1cncc(C)c1. The van der Waals surface area contributed by atoms with Crippen LogP contribution in [0.15, 0.2) is 30.7 Å². The van der Waals surface area contributed by atoms with Gasteiger partial charge in [-0.15, -0.1) is 0 Å². The Kier molecular flexibility index (Phi) is 4.10. The van der Waals surface area contributed by atoms with Crippen LogP contribution in [0.5, 0.6) is 0 Å². The van der Waals surface area contributed by atoms with Crippen molar-refractivity contribution in [2.75, 3.05) is 7.05 Å². The second kappa shape index (κ2) is 5.78. The molecule has 4 heteroatoms. The van der Waals surface area contributed by atoms with Gasteiger partial charge in [0.1, 0.15) is 0 Å². The van der Waals surface area contributed by atoms with Crippen molar-refractivity contribution in [3.8, 4) is 0 Å². The smallest absolute Gasteiger partial charge is 0.0760 e. The molecule has 0 aliphatic rings. The number of aromatic nitrogens is 3. The van der Waals surface area contributed by atoms with E-state index in [-0.39, 0.29) is 6.04 Å². The molecule has 0 spiro atoms. The zero-order valence-corrected chi connectivity index (χ0v) is 11.2. The summed E-state index contributed by atoms with van der Waals surface area (Å²) in [4.78, 5) is 4.27. The van der Waals surface area contributed by atoms with E-state index < -0.39 is 0 Å². The fourth-order valence-electron chi connectivity index (χ4n) is 2.21. The molecule has 4 nitrogen and oxygen atoms in total. The third-order valence-electron chi connectivity index (χ3n) is 3.00. The Balaban J connectivity index is 2.36. The lowest BCUT2D eigenvalue weighted by Gasteiger charge is -2.18. The molecule has 1 N–H and O–H groups in total. The first kappa shape index (κ1) is 12.8. The first-order valence-electron chi connectivity index (χ1n) is 6.36. The average Bonchev–Trinajstić information content (AvgIpc) is 2.79. The van der Waals surface area contributed by atoms with Crippen molar-refractivity contribution in [1.29, 1.82) is 0 Å². The van der Waals surface area contributed by atoms with E-state index in [9.17, 15) is 0 Å². The summed E-state index contributed by atoms with van der Waals surface area (Å²) in [5.74, 6) is 0. The molecule has 0 radical (unpaired) electrons. The van der Waals surface area contributed by atoms with Gasteiger partial charge < -0.3 is 5.32 Å². The first-order chi connectivity index (χ1) is 8.76. The Labute approximate surface area is 108 Å². The molecule has 0 fully saturated rings. The van der Waals surface area contributed by atoms with E-state index in [1.165, 1.54) is 16.8 Å². The Morgan fingerprint density at radius 1 is 1.39 bits per heavy atom. The highest BCUT2D eigenvalue weighted by Gasteiger charge is 2.16. The highest BCUT2D eigenvalue weighted by atomic mass is 15.3. The van der Waals surface area contributed by atoms with Gasteiger partial charge in [-0.1, -0.05) is 13.0 Å². The van der Waals surface area contributed by atoms with Crippen molar-refractivity contribution in [3.63, 3.8) is 0 Å². The van der Waals surface area contributed by atoms with Crippen LogP contribution in [0.25, 0.3) is 0 Å². The molecular formula is C14H20N4. The van der Waals surface area contributed by atoms with E-state index in [2.05, 4.69) is 46.1 Å². The monoisotopic (exact) mass is 244 g/mol. The quantitative estimate of drug-likeness (QED) is 0.877. The van der Waals surface area contributed by atoms with Crippen LogP contribution in [0.3, 0.4) is 0 Å². The lowest BCUT2D eigenvalue weighted by atomic mass is 10.0. The standard InChI is InChI=1S/C14H20N4/c1-4-7-18-13(5-6-17-18)14(15-3)12-8-11(2)9-16-10-12/h5-6,8-10,14-15H,4,7H2,1-3H3. The summed E-state index contributed by atoms with van der Waals surface area (Å²) < 4.78 is 2.06. The predicted molar refractivity (Wildman–Crippen MR) is 72.4 cm³/mol. The molecule has 0 aromatic carbocycles. The maximum absolute atomic E-state index is 4.38. The topological polar surface area (TPSA) is 42.7 Å². The predicted octanol–water partition coefficient (Wildman–Crippen LogP) is 2.31. The van der Waals surface area contributed by atoms with Crippen LogP contribution < -0.4 is 5.32 Å². The third-order valence-corrected chi connectivity index (χ3v) is 3.00. The number of hydrogen-bond donors (Lipinski definition) is 1. The van der Waals surface area contributed by atoms with Crippen LogP contribution >= 0.6 is 0 Å². The molecule has 2 aromatic rings. The van der Waals surface area contributed by atoms with Crippen LogP contribution in [-0.4, -0.2) is 21.8 Å². The van der Waals surface area contributed by atoms with E-state index in [0.29, 0.717) is 0 Å².